The molecule has 0 saturated carbocycles. The van der Waals surface area contributed by atoms with Crippen LogP contribution in [0.4, 0.5) is 0 Å². The molecule has 3 fully saturated rings. The number of hydrogen-bond acceptors (Lipinski definition) is 4. The number of ether oxygens (including phenoxy) is 3. The fraction of sp³-hybridized carbons (Fsp3) is 1.00. The zero-order valence-electron chi connectivity index (χ0n) is 5.58. The first kappa shape index (κ1) is 6.91. The van der Waals surface area contributed by atoms with Crippen LogP contribution in [0.5, 0.6) is 0 Å². The molecule has 4 heteroatoms. The molecule has 0 aromatic carbocycles. The normalized spacial score (nSPS) is 45.9. The summed E-state index contributed by atoms with van der Waals surface area (Å²) in [5.41, 5.74) is 0. The van der Waals surface area contributed by atoms with E-state index in [9.17, 15) is 0 Å². The summed E-state index contributed by atoms with van der Waals surface area (Å²) in [6, 6.07) is 0. The van der Waals surface area contributed by atoms with Crippen LogP contribution in [-0.2, 0) is 14.2 Å². The molecule has 0 aliphatic carbocycles. The Kier molecular flexibility index (Phi) is 1.64. The monoisotopic (exact) mass is 162 g/mol. The highest BCUT2D eigenvalue weighted by Gasteiger charge is 2.43. The van der Waals surface area contributed by atoms with Crippen molar-refractivity contribution < 1.29 is 14.2 Å². The highest BCUT2D eigenvalue weighted by molar-refractivity contribution is 7.80. The lowest BCUT2D eigenvalue weighted by atomic mass is 10.1. The zero-order chi connectivity index (χ0) is 7.03. The maximum absolute atomic E-state index is 5.29. The van der Waals surface area contributed by atoms with Gasteiger partial charge in [0.05, 0.1) is 25.6 Å². The lowest BCUT2D eigenvalue weighted by molar-refractivity contribution is -0.435. The van der Waals surface area contributed by atoms with Gasteiger partial charge in [0.2, 0.25) is 0 Å². The maximum atomic E-state index is 5.29. The molecule has 0 aromatic heterocycles. The number of thiol groups is 1. The second kappa shape index (κ2) is 2.37. The van der Waals surface area contributed by atoms with Gasteiger partial charge in [0.1, 0.15) is 0 Å². The van der Waals surface area contributed by atoms with Gasteiger partial charge < -0.3 is 14.2 Å². The minimum atomic E-state index is -0.808. The van der Waals surface area contributed by atoms with Crippen LogP contribution in [0.15, 0.2) is 0 Å². The lowest BCUT2D eigenvalue weighted by Crippen LogP contribution is -2.55. The van der Waals surface area contributed by atoms with E-state index in [0.29, 0.717) is 11.7 Å². The summed E-state index contributed by atoms with van der Waals surface area (Å²) < 4.78 is 15.9. The third-order valence-corrected chi connectivity index (χ3v) is 2.20. The molecule has 3 saturated heterocycles. The third kappa shape index (κ3) is 0.955. The topological polar surface area (TPSA) is 27.7 Å². The quantitative estimate of drug-likeness (QED) is 0.561. The Hall–Kier alpha value is 0.230. The van der Waals surface area contributed by atoms with Crippen LogP contribution in [0.25, 0.3) is 0 Å². The average molecular weight is 162 g/mol. The van der Waals surface area contributed by atoms with Crippen LogP contribution in [0.3, 0.4) is 0 Å². The predicted octanol–water partition coefficient (Wildman–Crippen LogP) is 0.263. The van der Waals surface area contributed by atoms with Gasteiger partial charge in [-0.05, 0) is 0 Å². The summed E-state index contributed by atoms with van der Waals surface area (Å²) >= 11 is 4.08. The van der Waals surface area contributed by atoms with Gasteiger partial charge in [-0.15, -0.1) is 0 Å². The van der Waals surface area contributed by atoms with Crippen LogP contribution in [-0.4, -0.2) is 31.5 Å². The van der Waals surface area contributed by atoms with E-state index < -0.39 is 5.97 Å². The van der Waals surface area contributed by atoms with E-state index in [-0.39, 0.29) is 0 Å². The third-order valence-electron chi connectivity index (χ3n) is 1.81. The van der Waals surface area contributed by atoms with Crippen LogP contribution in [0, 0.1) is 5.92 Å². The van der Waals surface area contributed by atoms with Crippen molar-refractivity contribution in [2.45, 2.75) is 5.97 Å². The Bertz CT molecular complexity index is 117. The van der Waals surface area contributed by atoms with Crippen molar-refractivity contribution in [3.05, 3.63) is 0 Å². The van der Waals surface area contributed by atoms with Gasteiger partial charge in [-0.25, -0.2) is 0 Å². The second-order valence-corrected chi connectivity index (χ2v) is 2.96. The molecule has 0 atom stereocenters. The molecule has 58 valence electrons. The van der Waals surface area contributed by atoms with E-state index in [2.05, 4.69) is 12.6 Å². The van der Waals surface area contributed by atoms with Gasteiger partial charge in [0, 0.05) is 5.92 Å². The van der Waals surface area contributed by atoms with Crippen LogP contribution >= 0.6 is 12.6 Å². The van der Waals surface area contributed by atoms with E-state index in [1.54, 1.807) is 0 Å². The Morgan fingerprint density at radius 2 is 1.70 bits per heavy atom. The van der Waals surface area contributed by atoms with Gasteiger partial charge >= 0.3 is 0 Å². The minimum Gasteiger partial charge on any atom is -0.326 e. The first-order valence-electron chi connectivity index (χ1n) is 3.37. The van der Waals surface area contributed by atoms with Gasteiger partial charge in [-0.1, -0.05) is 0 Å². The molecule has 0 N–H and O–H groups in total. The second-order valence-electron chi connectivity index (χ2n) is 2.64. The highest BCUT2D eigenvalue weighted by atomic mass is 32.1. The van der Waals surface area contributed by atoms with E-state index in [0.717, 1.165) is 19.8 Å². The number of fused-ring (bicyclic) bond motifs is 3. The molecule has 3 aliphatic heterocycles. The molecule has 2 bridgehead atoms. The standard InChI is InChI=1S/C6H10O3S/c10-4-6-7-1-5(2-8-6)3-9-6/h5,10H,1-4H2. The molecule has 3 aliphatic rings. The van der Waals surface area contributed by atoms with Gasteiger partial charge in [0.25, 0.3) is 5.97 Å². The molecule has 3 nitrogen and oxygen atoms in total. The Morgan fingerprint density at radius 3 is 2.00 bits per heavy atom. The minimum absolute atomic E-state index is 0.432. The van der Waals surface area contributed by atoms with Crippen molar-refractivity contribution in [1.82, 2.24) is 0 Å². The summed E-state index contributed by atoms with van der Waals surface area (Å²) in [5.74, 6) is 0.0965. The van der Waals surface area contributed by atoms with Gasteiger partial charge in [-0.2, -0.15) is 12.6 Å². The molecule has 0 amide bonds. The van der Waals surface area contributed by atoms with Crippen molar-refractivity contribution in [3.8, 4) is 0 Å². The van der Waals surface area contributed by atoms with E-state index in [1.165, 1.54) is 0 Å². The molecular weight excluding hydrogens is 152 g/mol. The van der Waals surface area contributed by atoms with Crippen LogP contribution in [0.1, 0.15) is 0 Å². The highest BCUT2D eigenvalue weighted by Crippen LogP contribution is 2.30. The van der Waals surface area contributed by atoms with Crippen LogP contribution < -0.4 is 0 Å². The van der Waals surface area contributed by atoms with E-state index in [1.807, 2.05) is 0 Å². The fourth-order valence-corrected chi connectivity index (χ4v) is 1.41. The van der Waals surface area contributed by atoms with Crippen molar-refractivity contribution in [3.63, 3.8) is 0 Å². The smallest absolute Gasteiger partial charge is 0.292 e. The molecular formula is C6H10O3S. The first-order chi connectivity index (χ1) is 4.85. The largest absolute Gasteiger partial charge is 0.326 e. The van der Waals surface area contributed by atoms with Crippen LogP contribution in [0.2, 0.25) is 0 Å². The van der Waals surface area contributed by atoms with Crippen molar-refractivity contribution in [2.24, 2.45) is 5.92 Å². The van der Waals surface area contributed by atoms with Crippen molar-refractivity contribution in [1.29, 1.82) is 0 Å². The molecule has 0 radical (unpaired) electrons. The van der Waals surface area contributed by atoms with E-state index in [4.69, 9.17) is 14.2 Å². The van der Waals surface area contributed by atoms with Crippen molar-refractivity contribution in [2.75, 3.05) is 25.6 Å². The SMILES string of the molecule is SCC12OCC(CO1)CO2. The first-order valence-corrected chi connectivity index (χ1v) is 4.01. The molecule has 0 spiro atoms. The van der Waals surface area contributed by atoms with Gasteiger partial charge in [-0.3, -0.25) is 0 Å². The zero-order valence-corrected chi connectivity index (χ0v) is 6.47. The van der Waals surface area contributed by atoms with Crippen molar-refractivity contribution >= 4 is 12.6 Å². The molecule has 3 rings (SSSR count). The Morgan fingerprint density at radius 1 is 1.20 bits per heavy atom. The van der Waals surface area contributed by atoms with Gasteiger partial charge in [0.15, 0.2) is 0 Å². The summed E-state index contributed by atoms with van der Waals surface area (Å²) in [4.78, 5) is 0. The lowest BCUT2D eigenvalue weighted by Gasteiger charge is -2.44. The summed E-state index contributed by atoms with van der Waals surface area (Å²) in [5, 5.41) is 0. The average Bonchev–Trinajstić information content (AvgIpc) is 2.08. The summed E-state index contributed by atoms with van der Waals surface area (Å²) in [7, 11) is 0. The Balaban J connectivity index is 2.08. The molecule has 3 heterocycles. The predicted molar refractivity (Wildman–Crippen MR) is 37.9 cm³/mol. The van der Waals surface area contributed by atoms with E-state index >= 15 is 0 Å². The Labute approximate surface area is 65.0 Å². The molecule has 0 aromatic rings. The summed E-state index contributed by atoms with van der Waals surface area (Å²) in [6.45, 7) is 2.25. The molecule has 10 heavy (non-hydrogen) atoms. The summed E-state index contributed by atoms with van der Waals surface area (Å²) in [6.07, 6.45) is 0. The molecule has 0 unspecified atom stereocenters. The number of hydrogen-bond donors (Lipinski definition) is 1. The fourth-order valence-electron chi connectivity index (χ4n) is 1.14. The maximum Gasteiger partial charge on any atom is 0.292 e. The number of rotatable bonds is 1.